The highest BCUT2D eigenvalue weighted by molar-refractivity contribution is 5.98. The molecule has 1 atom stereocenters. The maximum Gasteiger partial charge on any atom is 0.0831 e. The molecule has 0 saturated carbocycles. The van der Waals surface area contributed by atoms with Gasteiger partial charge in [-0.3, -0.25) is 5.01 Å². The van der Waals surface area contributed by atoms with E-state index in [9.17, 15) is 0 Å². The lowest BCUT2D eigenvalue weighted by Crippen LogP contribution is -2.18. The molecule has 132 valence electrons. The van der Waals surface area contributed by atoms with Gasteiger partial charge in [-0.25, -0.2) is 0 Å². The van der Waals surface area contributed by atoms with Crippen molar-refractivity contribution in [2.45, 2.75) is 12.5 Å². The molecular formula is C25H22N2. The topological polar surface area (TPSA) is 15.6 Å². The second-order valence-corrected chi connectivity index (χ2v) is 6.53. The average Bonchev–Trinajstić information content (AvgIpc) is 3.18. The minimum Gasteiger partial charge on any atom is -0.257 e. The van der Waals surface area contributed by atoms with Gasteiger partial charge in [0.05, 0.1) is 17.4 Å². The van der Waals surface area contributed by atoms with Crippen LogP contribution >= 0.6 is 0 Å². The molecule has 2 heteroatoms. The first-order valence-electron chi connectivity index (χ1n) is 9.27. The maximum atomic E-state index is 4.89. The lowest BCUT2D eigenvalue weighted by atomic mass is 10.0. The van der Waals surface area contributed by atoms with Gasteiger partial charge in [-0.15, -0.1) is 0 Å². The van der Waals surface area contributed by atoms with E-state index in [0.717, 1.165) is 17.8 Å². The molecule has 3 aromatic rings. The molecule has 0 saturated heterocycles. The van der Waals surface area contributed by atoms with Crippen molar-refractivity contribution >= 4 is 17.5 Å². The van der Waals surface area contributed by atoms with E-state index in [1.165, 1.54) is 11.1 Å². The number of hydrogen-bond acceptors (Lipinski definition) is 2. The summed E-state index contributed by atoms with van der Waals surface area (Å²) in [4.78, 5) is 0. The molecule has 0 bridgehead atoms. The summed E-state index contributed by atoms with van der Waals surface area (Å²) in [5.41, 5.74) is 4.69. The maximum absolute atomic E-state index is 4.89. The van der Waals surface area contributed by atoms with E-state index in [1.807, 2.05) is 24.3 Å². The molecular weight excluding hydrogens is 328 g/mol. The van der Waals surface area contributed by atoms with Gasteiger partial charge in [0.1, 0.15) is 0 Å². The van der Waals surface area contributed by atoms with Crippen LogP contribution in [-0.2, 0) is 0 Å². The van der Waals surface area contributed by atoms with Crippen LogP contribution in [0.15, 0.2) is 114 Å². The molecule has 0 N–H and O–H groups in total. The molecule has 1 aliphatic heterocycles. The fourth-order valence-corrected chi connectivity index (χ4v) is 3.28. The third-order valence-corrected chi connectivity index (χ3v) is 4.63. The number of allylic oxidation sites excluding steroid dienone is 3. The van der Waals surface area contributed by atoms with Gasteiger partial charge < -0.3 is 0 Å². The van der Waals surface area contributed by atoms with Gasteiger partial charge in [0, 0.05) is 6.42 Å². The third kappa shape index (κ3) is 4.24. The number of rotatable bonds is 5. The van der Waals surface area contributed by atoms with E-state index in [4.69, 9.17) is 5.10 Å². The highest BCUT2D eigenvalue weighted by Gasteiger charge is 2.27. The van der Waals surface area contributed by atoms with Crippen molar-refractivity contribution in [3.8, 4) is 0 Å². The Hall–Kier alpha value is -3.39. The third-order valence-electron chi connectivity index (χ3n) is 4.63. The van der Waals surface area contributed by atoms with Crippen LogP contribution < -0.4 is 5.01 Å². The van der Waals surface area contributed by atoms with Crippen LogP contribution in [0.5, 0.6) is 0 Å². The number of anilines is 1. The lowest BCUT2D eigenvalue weighted by Gasteiger charge is -2.23. The number of para-hydroxylation sites is 1. The largest absolute Gasteiger partial charge is 0.257 e. The molecule has 3 aromatic carbocycles. The van der Waals surface area contributed by atoms with E-state index >= 15 is 0 Å². The van der Waals surface area contributed by atoms with Crippen molar-refractivity contribution in [3.05, 3.63) is 120 Å². The second-order valence-electron chi connectivity index (χ2n) is 6.53. The monoisotopic (exact) mass is 350 g/mol. The molecule has 2 nitrogen and oxygen atoms in total. The molecule has 0 radical (unpaired) electrons. The first kappa shape index (κ1) is 17.0. The van der Waals surface area contributed by atoms with Gasteiger partial charge in [0.15, 0.2) is 0 Å². The quantitative estimate of drug-likeness (QED) is 0.496. The number of benzene rings is 3. The van der Waals surface area contributed by atoms with E-state index in [-0.39, 0.29) is 6.04 Å². The Morgan fingerprint density at radius 2 is 1.30 bits per heavy atom. The Morgan fingerprint density at radius 1 is 0.704 bits per heavy atom. The molecule has 1 aliphatic rings. The molecule has 27 heavy (non-hydrogen) atoms. The highest BCUT2D eigenvalue weighted by Crippen LogP contribution is 2.35. The molecule has 0 fully saturated rings. The summed E-state index contributed by atoms with van der Waals surface area (Å²) in [5, 5.41) is 7.02. The van der Waals surface area contributed by atoms with Gasteiger partial charge in [0.2, 0.25) is 0 Å². The lowest BCUT2D eigenvalue weighted by molar-refractivity contribution is 0.709. The van der Waals surface area contributed by atoms with Gasteiger partial charge >= 0.3 is 0 Å². The zero-order valence-electron chi connectivity index (χ0n) is 15.1. The molecule has 1 heterocycles. The van der Waals surface area contributed by atoms with Crippen molar-refractivity contribution in [1.82, 2.24) is 0 Å². The van der Waals surface area contributed by atoms with Gasteiger partial charge in [0.25, 0.3) is 0 Å². The molecule has 1 unspecified atom stereocenters. The first-order chi connectivity index (χ1) is 13.4. The summed E-state index contributed by atoms with van der Waals surface area (Å²) in [6.07, 6.45) is 9.26. The summed E-state index contributed by atoms with van der Waals surface area (Å²) in [7, 11) is 0. The van der Waals surface area contributed by atoms with Gasteiger partial charge in [-0.2, -0.15) is 5.10 Å². The average molecular weight is 350 g/mol. The minimum absolute atomic E-state index is 0.228. The summed E-state index contributed by atoms with van der Waals surface area (Å²) in [6.45, 7) is 0. The Balaban J connectivity index is 1.55. The van der Waals surface area contributed by atoms with Gasteiger partial charge in [-0.1, -0.05) is 97.1 Å². The second kappa shape index (κ2) is 8.33. The molecule has 4 rings (SSSR count). The summed E-state index contributed by atoms with van der Waals surface area (Å²) >= 11 is 0. The van der Waals surface area contributed by atoms with Crippen molar-refractivity contribution in [3.63, 3.8) is 0 Å². The van der Waals surface area contributed by atoms with E-state index in [0.29, 0.717) is 0 Å². The van der Waals surface area contributed by atoms with E-state index < -0.39 is 0 Å². The molecule has 0 spiro atoms. The zero-order chi connectivity index (χ0) is 18.3. The van der Waals surface area contributed by atoms with Crippen LogP contribution in [0.25, 0.3) is 6.08 Å². The van der Waals surface area contributed by atoms with Crippen LogP contribution in [0.2, 0.25) is 0 Å². The number of hydrazone groups is 1. The Kier molecular flexibility index (Phi) is 5.26. The van der Waals surface area contributed by atoms with E-state index in [2.05, 4.69) is 96.0 Å². The Morgan fingerprint density at radius 3 is 2.00 bits per heavy atom. The summed E-state index contributed by atoms with van der Waals surface area (Å²) < 4.78 is 0. The standard InChI is InChI=1S/C25H22N2/c1-4-12-21(13-5-1)14-10-11-17-23-20-25(22-15-6-2-7-16-22)27(26-23)24-18-8-3-9-19-24/h1-19,25H,20H2/b14-10+,17-11+. The Labute approximate surface area is 160 Å². The number of nitrogens with zero attached hydrogens (tertiary/aromatic N) is 2. The van der Waals surface area contributed by atoms with Crippen molar-refractivity contribution < 1.29 is 0 Å². The van der Waals surface area contributed by atoms with Crippen molar-refractivity contribution in [1.29, 1.82) is 0 Å². The zero-order valence-corrected chi connectivity index (χ0v) is 15.1. The van der Waals surface area contributed by atoms with Crippen molar-refractivity contribution in [2.24, 2.45) is 5.10 Å². The predicted molar refractivity (Wildman–Crippen MR) is 115 cm³/mol. The van der Waals surface area contributed by atoms with Crippen LogP contribution in [-0.4, -0.2) is 5.71 Å². The fourth-order valence-electron chi connectivity index (χ4n) is 3.28. The van der Waals surface area contributed by atoms with Crippen LogP contribution in [0.1, 0.15) is 23.6 Å². The van der Waals surface area contributed by atoms with Crippen LogP contribution in [0, 0.1) is 0 Å². The summed E-state index contributed by atoms with van der Waals surface area (Å²) in [5.74, 6) is 0. The van der Waals surface area contributed by atoms with Crippen LogP contribution in [0.3, 0.4) is 0 Å². The normalized spacial score (nSPS) is 17.0. The molecule has 0 aromatic heterocycles. The van der Waals surface area contributed by atoms with Gasteiger partial charge in [-0.05, 0) is 29.3 Å². The minimum atomic E-state index is 0.228. The fraction of sp³-hybridized carbons (Fsp3) is 0.0800. The summed E-state index contributed by atoms with van der Waals surface area (Å²) in [6, 6.07) is 31.5. The smallest absolute Gasteiger partial charge is 0.0831 e. The first-order valence-corrected chi connectivity index (χ1v) is 9.27. The molecule has 0 amide bonds. The van der Waals surface area contributed by atoms with Crippen LogP contribution in [0.4, 0.5) is 5.69 Å². The predicted octanol–water partition coefficient (Wildman–Crippen LogP) is 6.26. The SMILES string of the molecule is C(/C=C/c1ccccc1)=C\C1=NN(c2ccccc2)C(c2ccccc2)C1. The van der Waals surface area contributed by atoms with Crippen molar-refractivity contribution in [2.75, 3.05) is 5.01 Å². The number of hydrogen-bond donors (Lipinski definition) is 0. The van der Waals surface area contributed by atoms with E-state index in [1.54, 1.807) is 0 Å². The highest BCUT2D eigenvalue weighted by atomic mass is 15.5. The molecule has 0 aliphatic carbocycles. The Bertz CT molecular complexity index is 941.